The first-order valence-electron chi connectivity index (χ1n) is 4.17. The highest BCUT2D eigenvalue weighted by molar-refractivity contribution is 7.19. The molecule has 1 atom stereocenters. The van der Waals surface area contributed by atoms with Gasteiger partial charge in [-0.25, -0.2) is 0 Å². The Kier molecular flexibility index (Phi) is 4.62. The lowest BCUT2D eigenvalue weighted by Gasteiger charge is -2.21. The van der Waals surface area contributed by atoms with Crippen molar-refractivity contribution in [1.82, 2.24) is 0 Å². The smallest absolute Gasteiger partial charge is 0.153 e. The quantitative estimate of drug-likeness (QED) is 0.451. The van der Waals surface area contributed by atoms with Crippen molar-refractivity contribution in [2.24, 2.45) is 0 Å². The first-order chi connectivity index (χ1) is 4.48. The van der Waals surface area contributed by atoms with E-state index in [9.17, 15) is 0 Å². The Bertz CT molecular complexity index is 85.7. The third-order valence-corrected chi connectivity index (χ3v) is 5.91. The van der Waals surface area contributed by atoms with Gasteiger partial charge >= 0.3 is 0 Å². The molecule has 0 aromatic rings. The fraction of sp³-hybridized carbons (Fsp3) is 1.00. The van der Waals surface area contributed by atoms with Crippen molar-refractivity contribution >= 4 is 18.5 Å². The van der Waals surface area contributed by atoms with E-state index in [2.05, 4.69) is 26.9 Å². The molecular weight excluding hydrogens is 160 g/mol. The molecule has 1 unspecified atom stereocenters. The molecule has 0 saturated heterocycles. The lowest BCUT2D eigenvalue weighted by atomic mass is 10.2. The van der Waals surface area contributed by atoms with Crippen LogP contribution in [0.1, 0.15) is 33.1 Å². The number of halogens is 1. The van der Waals surface area contributed by atoms with Crippen LogP contribution >= 0.6 is 11.1 Å². The lowest BCUT2D eigenvalue weighted by molar-refractivity contribution is 0.689. The maximum Gasteiger partial charge on any atom is 0.153 e. The summed E-state index contributed by atoms with van der Waals surface area (Å²) < 4.78 is 0. The van der Waals surface area contributed by atoms with Crippen molar-refractivity contribution in [2.75, 3.05) is 0 Å². The molecule has 0 aliphatic carbocycles. The van der Waals surface area contributed by atoms with Gasteiger partial charge in [-0.1, -0.05) is 46.2 Å². The van der Waals surface area contributed by atoms with E-state index in [1.807, 2.05) is 0 Å². The fourth-order valence-corrected chi connectivity index (χ4v) is 2.07. The van der Waals surface area contributed by atoms with Crippen LogP contribution < -0.4 is 0 Å². The molecular formula is C8H19ClSi. The van der Waals surface area contributed by atoms with Gasteiger partial charge in [-0.3, -0.25) is 0 Å². The molecule has 0 amide bonds. The van der Waals surface area contributed by atoms with Gasteiger partial charge in [0.15, 0.2) is 7.38 Å². The van der Waals surface area contributed by atoms with Gasteiger partial charge in [0.2, 0.25) is 0 Å². The largest absolute Gasteiger partial charge is 0.167 e. The van der Waals surface area contributed by atoms with Crippen molar-refractivity contribution in [1.29, 1.82) is 0 Å². The highest BCUT2D eigenvalue weighted by atomic mass is 35.6. The van der Waals surface area contributed by atoms with Crippen LogP contribution in [0.4, 0.5) is 0 Å². The van der Waals surface area contributed by atoms with Crippen LogP contribution in [0.25, 0.3) is 0 Å². The zero-order valence-corrected chi connectivity index (χ0v) is 9.33. The summed E-state index contributed by atoms with van der Waals surface area (Å²) in [6.45, 7) is 8.98. The highest BCUT2D eigenvalue weighted by Crippen LogP contribution is 2.29. The van der Waals surface area contributed by atoms with Crippen LogP contribution in [0.5, 0.6) is 0 Å². The maximum atomic E-state index is 6.26. The van der Waals surface area contributed by atoms with Crippen molar-refractivity contribution in [3.63, 3.8) is 0 Å². The zero-order valence-electron chi connectivity index (χ0n) is 7.58. The van der Waals surface area contributed by atoms with Gasteiger partial charge in [0, 0.05) is 0 Å². The van der Waals surface area contributed by atoms with E-state index in [1.54, 1.807) is 0 Å². The Hall–Kier alpha value is 0.507. The molecule has 62 valence electrons. The normalized spacial score (nSPS) is 15.3. The topological polar surface area (TPSA) is 0 Å². The molecule has 0 aromatic carbocycles. The second-order valence-corrected chi connectivity index (χ2v) is 10.6. The summed E-state index contributed by atoms with van der Waals surface area (Å²) in [6, 6.07) is 0. The minimum Gasteiger partial charge on any atom is -0.167 e. The molecule has 0 heterocycles. The van der Waals surface area contributed by atoms with Crippen LogP contribution in [-0.4, -0.2) is 7.38 Å². The molecule has 0 radical (unpaired) electrons. The van der Waals surface area contributed by atoms with Crippen LogP contribution in [0, 0.1) is 0 Å². The number of rotatable bonds is 4. The molecule has 0 rings (SSSR count). The summed E-state index contributed by atoms with van der Waals surface area (Å²) in [6.07, 6.45) is 3.95. The van der Waals surface area contributed by atoms with Gasteiger partial charge in [0.05, 0.1) is 0 Å². The van der Waals surface area contributed by atoms with Gasteiger partial charge in [0.25, 0.3) is 0 Å². The average molecular weight is 179 g/mol. The van der Waals surface area contributed by atoms with Crippen LogP contribution in [0.3, 0.4) is 0 Å². The monoisotopic (exact) mass is 178 g/mol. The van der Waals surface area contributed by atoms with E-state index in [4.69, 9.17) is 11.1 Å². The fourth-order valence-electron chi connectivity index (χ4n) is 0.854. The van der Waals surface area contributed by atoms with Crippen LogP contribution in [0.15, 0.2) is 0 Å². The Morgan fingerprint density at radius 2 is 1.90 bits per heavy atom. The van der Waals surface area contributed by atoms with Crippen molar-refractivity contribution < 1.29 is 0 Å². The molecule has 0 bridgehead atoms. The minimum absolute atomic E-state index is 0.772. The standard InChI is InChI=1S/C8H19ClSi/c1-5-6-7-8(2)10(3,4)9/h8H,5-7H2,1-4H3. The van der Waals surface area contributed by atoms with Gasteiger partial charge in [0.1, 0.15) is 0 Å². The molecule has 2 heteroatoms. The number of unbranched alkanes of at least 4 members (excludes halogenated alkanes) is 1. The van der Waals surface area contributed by atoms with Gasteiger partial charge in [-0.05, 0) is 5.54 Å². The minimum atomic E-state index is -1.33. The van der Waals surface area contributed by atoms with Gasteiger partial charge in [-0.2, -0.15) is 11.1 Å². The summed E-state index contributed by atoms with van der Waals surface area (Å²) in [5, 5.41) is 0. The van der Waals surface area contributed by atoms with Gasteiger partial charge in [-0.15, -0.1) is 0 Å². The summed E-state index contributed by atoms with van der Waals surface area (Å²) in [7, 11) is -1.33. The van der Waals surface area contributed by atoms with E-state index in [0.717, 1.165) is 5.54 Å². The van der Waals surface area contributed by atoms with Crippen molar-refractivity contribution in [3.8, 4) is 0 Å². The number of hydrogen-bond donors (Lipinski definition) is 0. The predicted molar refractivity (Wildman–Crippen MR) is 52.3 cm³/mol. The number of hydrogen-bond acceptors (Lipinski definition) is 0. The Morgan fingerprint density at radius 1 is 1.40 bits per heavy atom. The van der Waals surface area contributed by atoms with E-state index >= 15 is 0 Å². The SMILES string of the molecule is CCCCC(C)[Si](C)(C)Cl. The van der Waals surface area contributed by atoms with Gasteiger partial charge < -0.3 is 0 Å². The molecule has 0 nitrogen and oxygen atoms in total. The first kappa shape index (κ1) is 10.5. The summed E-state index contributed by atoms with van der Waals surface area (Å²) in [5.74, 6) is 0. The third kappa shape index (κ3) is 4.34. The summed E-state index contributed by atoms with van der Waals surface area (Å²) >= 11 is 6.26. The van der Waals surface area contributed by atoms with Crippen molar-refractivity contribution in [2.45, 2.75) is 51.7 Å². The second-order valence-electron chi connectivity index (χ2n) is 3.61. The van der Waals surface area contributed by atoms with E-state index in [0.29, 0.717) is 0 Å². The molecule has 0 aliphatic heterocycles. The van der Waals surface area contributed by atoms with E-state index in [1.165, 1.54) is 19.3 Å². The third-order valence-electron chi connectivity index (χ3n) is 2.16. The molecule has 0 spiro atoms. The molecule has 10 heavy (non-hydrogen) atoms. The Balaban J connectivity index is 3.52. The van der Waals surface area contributed by atoms with E-state index in [-0.39, 0.29) is 0 Å². The van der Waals surface area contributed by atoms with Crippen LogP contribution in [0.2, 0.25) is 18.6 Å². The lowest BCUT2D eigenvalue weighted by Crippen LogP contribution is -2.22. The molecule has 0 aromatic heterocycles. The molecule has 0 fully saturated rings. The summed E-state index contributed by atoms with van der Waals surface area (Å²) in [5.41, 5.74) is 0.772. The summed E-state index contributed by atoms with van der Waals surface area (Å²) in [4.78, 5) is 0. The zero-order chi connectivity index (χ0) is 8.20. The molecule has 0 aliphatic rings. The average Bonchev–Trinajstić information content (AvgIpc) is 1.80. The second kappa shape index (κ2) is 4.40. The molecule has 0 N–H and O–H groups in total. The Morgan fingerprint density at radius 3 is 2.20 bits per heavy atom. The first-order valence-corrected chi connectivity index (χ1v) is 8.26. The van der Waals surface area contributed by atoms with E-state index < -0.39 is 7.38 Å². The maximum absolute atomic E-state index is 6.26. The highest BCUT2D eigenvalue weighted by Gasteiger charge is 2.24. The van der Waals surface area contributed by atoms with Crippen LogP contribution in [-0.2, 0) is 0 Å². The predicted octanol–water partition coefficient (Wildman–Crippen LogP) is 4.01. The van der Waals surface area contributed by atoms with Crippen molar-refractivity contribution in [3.05, 3.63) is 0 Å². The Labute approximate surface area is 70.7 Å². The molecule has 0 saturated carbocycles.